The first-order chi connectivity index (χ1) is 12.2. The van der Waals surface area contributed by atoms with Gasteiger partial charge in [-0.25, -0.2) is 4.98 Å². The van der Waals surface area contributed by atoms with Gasteiger partial charge in [0.15, 0.2) is 0 Å². The molecular formula is C19H19N3O2S. The van der Waals surface area contributed by atoms with Crippen LogP contribution in [0.15, 0.2) is 59.0 Å². The van der Waals surface area contributed by atoms with Crippen LogP contribution in [-0.2, 0) is 6.61 Å². The maximum absolute atomic E-state index is 5.85. The zero-order chi connectivity index (χ0) is 17.5. The summed E-state index contributed by atoms with van der Waals surface area (Å²) in [6.07, 6.45) is 1.70. The van der Waals surface area contributed by atoms with Crippen molar-refractivity contribution >= 4 is 22.7 Å². The lowest BCUT2D eigenvalue weighted by Crippen LogP contribution is -1.98. The average molecular weight is 353 g/mol. The zero-order valence-electron chi connectivity index (χ0n) is 14.1. The summed E-state index contributed by atoms with van der Waals surface area (Å²) < 4.78 is 11.2. The lowest BCUT2D eigenvalue weighted by atomic mass is 10.2. The van der Waals surface area contributed by atoms with Gasteiger partial charge in [-0.3, -0.25) is 5.43 Å². The largest absolute Gasteiger partial charge is 0.496 e. The first-order valence-corrected chi connectivity index (χ1v) is 8.68. The monoisotopic (exact) mass is 353 g/mol. The van der Waals surface area contributed by atoms with Crippen molar-refractivity contribution in [2.24, 2.45) is 5.10 Å². The molecule has 0 saturated heterocycles. The van der Waals surface area contributed by atoms with Crippen LogP contribution in [0.25, 0.3) is 0 Å². The Balaban J connectivity index is 1.68. The Morgan fingerprint density at radius 2 is 2.04 bits per heavy atom. The highest BCUT2D eigenvalue weighted by Crippen LogP contribution is 2.23. The molecule has 1 N–H and O–H groups in total. The van der Waals surface area contributed by atoms with Crippen LogP contribution in [0.3, 0.4) is 0 Å². The van der Waals surface area contributed by atoms with Crippen molar-refractivity contribution in [1.82, 2.24) is 4.98 Å². The highest BCUT2D eigenvalue weighted by Gasteiger charge is 2.04. The van der Waals surface area contributed by atoms with E-state index in [1.54, 1.807) is 13.3 Å². The predicted molar refractivity (Wildman–Crippen MR) is 102 cm³/mol. The molecule has 0 radical (unpaired) electrons. The van der Waals surface area contributed by atoms with Crippen LogP contribution in [0.5, 0.6) is 11.5 Å². The number of aromatic nitrogens is 1. The number of thiazole rings is 1. The fourth-order valence-electron chi connectivity index (χ4n) is 2.21. The molecule has 5 nitrogen and oxygen atoms in total. The van der Waals surface area contributed by atoms with Crippen molar-refractivity contribution in [3.05, 3.63) is 70.7 Å². The molecule has 3 aromatic rings. The topological polar surface area (TPSA) is 55.7 Å². The summed E-state index contributed by atoms with van der Waals surface area (Å²) in [6, 6.07) is 15.7. The molecule has 0 aliphatic rings. The number of hydrogen-bond donors (Lipinski definition) is 1. The lowest BCUT2D eigenvalue weighted by molar-refractivity contribution is 0.305. The second-order valence-electron chi connectivity index (χ2n) is 5.34. The number of hydrogen-bond acceptors (Lipinski definition) is 6. The number of benzene rings is 2. The molecular weight excluding hydrogens is 334 g/mol. The van der Waals surface area contributed by atoms with E-state index in [0.717, 1.165) is 33.5 Å². The molecule has 0 aliphatic heterocycles. The number of anilines is 1. The lowest BCUT2D eigenvalue weighted by Gasteiger charge is -2.09. The molecule has 6 heteroatoms. The number of rotatable bonds is 7. The number of hydrazone groups is 1. The number of nitrogens with one attached hydrogen (secondary N) is 1. The SMILES string of the molecule is COc1ccc(OCc2ccccc2)cc1C=NNc1nc(C)cs1. The van der Waals surface area contributed by atoms with Crippen LogP contribution in [0.1, 0.15) is 16.8 Å². The Morgan fingerprint density at radius 3 is 2.76 bits per heavy atom. The predicted octanol–water partition coefficient (Wildman–Crippen LogP) is 4.49. The number of nitrogens with zero attached hydrogens (tertiary/aromatic N) is 2. The quantitative estimate of drug-likeness (QED) is 0.502. The number of ether oxygens (including phenoxy) is 2. The number of aryl methyl sites for hydroxylation is 1. The van der Waals surface area contributed by atoms with Crippen LogP contribution in [0, 0.1) is 6.92 Å². The van der Waals surface area contributed by atoms with Crippen molar-refractivity contribution in [3.8, 4) is 11.5 Å². The molecule has 1 heterocycles. The zero-order valence-corrected chi connectivity index (χ0v) is 14.9. The molecule has 128 valence electrons. The van der Waals surface area contributed by atoms with Crippen molar-refractivity contribution in [3.63, 3.8) is 0 Å². The van der Waals surface area contributed by atoms with E-state index in [9.17, 15) is 0 Å². The minimum atomic E-state index is 0.514. The summed E-state index contributed by atoms with van der Waals surface area (Å²) >= 11 is 1.51. The Hall–Kier alpha value is -2.86. The second kappa shape index (κ2) is 8.30. The maximum atomic E-state index is 5.85. The molecule has 0 amide bonds. The Morgan fingerprint density at radius 1 is 1.20 bits per heavy atom. The van der Waals surface area contributed by atoms with Gasteiger partial charge in [0.2, 0.25) is 5.13 Å². The molecule has 0 aliphatic carbocycles. The molecule has 2 aromatic carbocycles. The van der Waals surface area contributed by atoms with E-state index in [1.165, 1.54) is 11.3 Å². The van der Waals surface area contributed by atoms with Gasteiger partial charge >= 0.3 is 0 Å². The standard InChI is InChI=1S/C19H19N3O2S/c1-14-13-25-19(21-14)22-20-11-16-10-17(8-9-18(16)23-2)24-12-15-6-4-3-5-7-15/h3-11,13H,12H2,1-2H3,(H,21,22). The molecule has 0 saturated carbocycles. The molecule has 0 fully saturated rings. The summed E-state index contributed by atoms with van der Waals surface area (Å²) in [5.41, 5.74) is 5.84. The third kappa shape index (κ3) is 4.81. The van der Waals surface area contributed by atoms with E-state index in [-0.39, 0.29) is 0 Å². The third-order valence-corrected chi connectivity index (χ3v) is 4.30. The summed E-state index contributed by atoms with van der Waals surface area (Å²) in [5, 5.41) is 6.95. The minimum Gasteiger partial charge on any atom is -0.496 e. The molecule has 1 aromatic heterocycles. The third-order valence-electron chi connectivity index (χ3n) is 3.43. The molecule has 0 atom stereocenters. The van der Waals surface area contributed by atoms with E-state index < -0.39 is 0 Å². The Labute approximate surface area is 151 Å². The van der Waals surface area contributed by atoms with Crippen LogP contribution in [0.4, 0.5) is 5.13 Å². The van der Waals surface area contributed by atoms with Gasteiger partial charge in [-0.2, -0.15) is 5.10 Å². The van der Waals surface area contributed by atoms with Crippen LogP contribution in [-0.4, -0.2) is 18.3 Å². The van der Waals surface area contributed by atoms with Gasteiger partial charge in [-0.15, -0.1) is 11.3 Å². The summed E-state index contributed by atoms with van der Waals surface area (Å²) in [6.45, 7) is 2.46. The highest BCUT2D eigenvalue weighted by molar-refractivity contribution is 7.13. The average Bonchev–Trinajstić information content (AvgIpc) is 3.06. The van der Waals surface area contributed by atoms with E-state index in [0.29, 0.717) is 6.61 Å². The smallest absolute Gasteiger partial charge is 0.203 e. The van der Waals surface area contributed by atoms with E-state index in [2.05, 4.69) is 15.5 Å². The van der Waals surface area contributed by atoms with Crippen LogP contribution < -0.4 is 14.9 Å². The van der Waals surface area contributed by atoms with Gasteiger partial charge in [0.1, 0.15) is 18.1 Å². The second-order valence-corrected chi connectivity index (χ2v) is 6.20. The minimum absolute atomic E-state index is 0.514. The van der Waals surface area contributed by atoms with Crippen molar-refractivity contribution in [2.75, 3.05) is 12.5 Å². The van der Waals surface area contributed by atoms with E-state index in [1.807, 2.05) is 60.8 Å². The van der Waals surface area contributed by atoms with Gasteiger partial charge < -0.3 is 9.47 Å². The normalized spacial score (nSPS) is 10.8. The molecule has 0 unspecified atom stereocenters. The molecule has 25 heavy (non-hydrogen) atoms. The summed E-state index contributed by atoms with van der Waals surface area (Å²) in [4.78, 5) is 4.30. The first-order valence-electron chi connectivity index (χ1n) is 7.80. The molecule has 3 rings (SSSR count). The van der Waals surface area contributed by atoms with Crippen LogP contribution >= 0.6 is 11.3 Å². The fraction of sp³-hybridized carbons (Fsp3) is 0.158. The van der Waals surface area contributed by atoms with Crippen LogP contribution in [0.2, 0.25) is 0 Å². The van der Waals surface area contributed by atoms with Gasteiger partial charge in [-0.05, 0) is 30.7 Å². The maximum Gasteiger partial charge on any atom is 0.203 e. The van der Waals surface area contributed by atoms with Gasteiger partial charge in [-0.1, -0.05) is 30.3 Å². The van der Waals surface area contributed by atoms with Gasteiger partial charge in [0.05, 0.1) is 19.0 Å². The van der Waals surface area contributed by atoms with Crippen molar-refractivity contribution < 1.29 is 9.47 Å². The van der Waals surface area contributed by atoms with E-state index >= 15 is 0 Å². The van der Waals surface area contributed by atoms with Gasteiger partial charge in [0, 0.05) is 10.9 Å². The fourth-order valence-corrected chi connectivity index (χ4v) is 2.84. The molecule has 0 bridgehead atoms. The summed E-state index contributed by atoms with van der Waals surface area (Å²) in [5.74, 6) is 1.49. The highest BCUT2D eigenvalue weighted by atomic mass is 32.1. The van der Waals surface area contributed by atoms with Gasteiger partial charge in [0.25, 0.3) is 0 Å². The molecule has 0 spiro atoms. The van der Waals surface area contributed by atoms with E-state index in [4.69, 9.17) is 9.47 Å². The Bertz CT molecular complexity index is 847. The number of methoxy groups -OCH3 is 1. The van der Waals surface area contributed by atoms with Crippen molar-refractivity contribution in [2.45, 2.75) is 13.5 Å². The first kappa shape index (κ1) is 17.0. The summed E-state index contributed by atoms with van der Waals surface area (Å²) in [7, 11) is 1.63. The van der Waals surface area contributed by atoms with Crippen molar-refractivity contribution in [1.29, 1.82) is 0 Å². The Kier molecular flexibility index (Phi) is 5.64.